The summed E-state index contributed by atoms with van der Waals surface area (Å²) in [5, 5.41) is 2.93. The van der Waals surface area contributed by atoms with E-state index in [1.807, 2.05) is 29.2 Å². The van der Waals surface area contributed by atoms with E-state index in [0.29, 0.717) is 25.7 Å². The van der Waals surface area contributed by atoms with Gasteiger partial charge >= 0.3 is 0 Å². The summed E-state index contributed by atoms with van der Waals surface area (Å²) in [5.41, 5.74) is 1.91. The first kappa shape index (κ1) is 21.7. The van der Waals surface area contributed by atoms with Gasteiger partial charge in [-0.05, 0) is 58.0 Å². The predicted molar refractivity (Wildman–Crippen MR) is 111 cm³/mol. The third-order valence-electron chi connectivity index (χ3n) is 4.83. The quantitative estimate of drug-likeness (QED) is 0.761. The highest BCUT2D eigenvalue weighted by Gasteiger charge is 2.22. The molecule has 0 atom stereocenters. The Morgan fingerprint density at radius 1 is 1.15 bits per heavy atom. The summed E-state index contributed by atoms with van der Waals surface area (Å²) in [6.45, 7) is 9.89. The van der Waals surface area contributed by atoms with Crippen LogP contribution in [0.2, 0.25) is 0 Å². The van der Waals surface area contributed by atoms with Gasteiger partial charge in [0.1, 0.15) is 0 Å². The molecule has 0 spiro atoms. The molecule has 1 aliphatic heterocycles. The molecule has 2 rings (SSSR count). The van der Waals surface area contributed by atoms with Gasteiger partial charge in [-0.15, -0.1) is 0 Å². The molecule has 0 saturated carbocycles. The second-order valence-corrected chi connectivity index (χ2v) is 9.25. The number of nitrogens with zero attached hydrogens (tertiary/aromatic N) is 3. The average Bonchev–Trinajstić information content (AvgIpc) is 2.82. The maximum absolute atomic E-state index is 12.4. The molecular formula is C19H32N4O3S. The average molecular weight is 397 g/mol. The molecule has 0 aliphatic carbocycles. The van der Waals surface area contributed by atoms with Crippen LogP contribution in [0.25, 0.3) is 0 Å². The number of carbonyl (C=O) groups excluding carboxylic acids is 1. The number of anilines is 2. The molecule has 1 fully saturated rings. The molecule has 1 amide bonds. The van der Waals surface area contributed by atoms with Crippen molar-refractivity contribution in [2.75, 3.05) is 55.7 Å². The lowest BCUT2D eigenvalue weighted by Crippen LogP contribution is -2.37. The Labute approximate surface area is 163 Å². The molecule has 1 aromatic carbocycles. The van der Waals surface area contributed by atoms with Crippen molar-refractivity contribution in [3.05, 3.63) is 24.3 Å². The van der Waals surface area contributed by atoms with Gasteiger partial charge in [0.15, 0.2) is 0 Å². The van der Waals surface area contributed by atoms with Gasteiger partial charge in [-0.3, -0.25) is 9.69 Å². The lowest BCUT2D eigenvalue weighted by molar-refractivity contribution is -0.117. The van der Waals surface area contributed by atoms with Crippen molar-refractivity contribution in [2.24, 2.45) is 0 Å². The Morgan fingerprint density at radius 3 is 2.37 bits per heavy atom. The van der Waals surface area contributed by atoms with E-state index in [4.69, 9.17) is 0 Å². The van der Waals surface area contributed by atoms with Crippen molar-refractivity contribution in [3.8, 4) is 0 Å². The van der Waals surface area contributed by atoms with Gasteiger partial charge < -0.3 is 10.2 Å². The Kier molecular flexibility index (Phi) is 7.64. The molecule has 0 aromatic heterocycles. The molecule has 1 aromatic rings. The minimum atomic E-state index is -3.17. The fraction of sp³-hybridized carbons (Fsp3) is 0.632. The van der Waals surface area contributed by atoms with Crippen LogP contribution in [0.4, 0.5) is 11.4 Å². The van der Waals surface area contributed by atoms with Crippen LogP contribution in [0.15, 0.2) is 24.3 Å². The number of amides is 1. The summed E-state index contributed by atoms with van der Waals surface area (Å²) in [5.74, 6) is -0.0771. The van der Waals surface area contributed by atoms with Gasteiger partial charge in [0.25, 0.3) is 0 Å². The Bertz CT molecular complexity index is 719. The van der Waals surface area contributed by atoms with Crippen LogP contribution < -0.4 is 10.2 Å². The van der Waals surface area contributed by atoms with Crippen molar-refractivity contribution < 1.29 is 13.2 Å². The fourth-order valence-corrected chi connectivity index (χ4v) is 4.30. The Morgan fingerprint density at radius 2 is 1.81 bits per heavy atom. The van der Waals surface area contributed by atoms with E-state index in [2.05, 4.69) is 31.0 Å². The summed E-state index contributed by atoms with van der Waals surface area (Å²) >= 11 is 0. The van der Waals surface area contributed by atoms with E-state index >= 15 is 0 Å². The van der Waals surface area contributed by atoms with Crippen LogP contribution >= 0.6 is 0 Å². The summed E-state index contributed by atoms with van der Waals surface area (Å²) in [6, 6.07) is 8.31. The maximum atomic E-state index is 12.4. The zero-order valence-electron chi connectivity index (χ0n) is 16.8. The zero-order chi connectivity index (χ0) is 20.0. The molecule has 0 radical (unpaired) electrons. The van der Waals surface area contributed by atoms with Crippen LogP contribution in [0.5, 0.6) is 0 Å². The Hall–Kier alpha value is -1.64. The van der Waals surface area contributed by atoms with Crippen molar-refractivity contribution in [3.63, 3.8) is 0 Å². The van der Waals surface area contributed by atoms with Crippen molar-refractivity contribution in [1.29, 1.82) is 0 Å². The third kappa shape index (κ3) is 6.48. The van der Waals surface area contributed by atoms with E-state index in [-0.39, 0.29) is 12.5 Å². The Balaban J connectivity index is 1.88. The van der Waals surface area contributed by atoms with Gasteiger partial charge in [-0.1, -0.05) is 0 Å². The minimum absolute atomic E-state index is 0.0771. The highest BCUT2D eigenvalue weighted by Crippen LogP contribution is 2.20. The van der Waals surface area contributed by atoms with E-state index in [9.17, 15) is 13.2 Å². The van der Waals surface area contributed by atoms with Crippen molar-refractivity contribution >= 4 is 27.3 Å². The summed E-state index contributed by atoms with van der Waals surface area (Å²) < 4.78 is 24.8. The summed E-state index contributed by atoms with van der Waals surface area (Å²) in [4.78, 5) is 16.7. The molecule has 0 unspecified atom stereocenters. The van der Waals surface area contributed by atoms with Crippen LogP contribution in [0.1, 0.15) is 27.2 Å². The summed E-state index contributed by atoms with van der Waals surface area (Å²) in [6.07, 6.45) is 1.97. The molecule has 8 heteroatoms. The number of carbonyl (C=O) groups is 1. The number of hydrogen-bond donors (Lipinski definition) is 1. The van der Waals surface area contributed by atoms with E-state index in [0.717, 1.165) is 30.9 Å². The number of benzene rings is 1. The highest BCUT2D eigenvalue weighted by atomic mass is 32.2. The van der Waals surface area contributed by atoms with E-state index in [1.165, 1.54) is 10.6 Å². The minimum Gasteiger partial charge on any atom is -0.369 e. The highest BCUT2D eigenvalue weighted by molar-refractivity contribution is 7.88. The molecule has 0 bridgehead atoms. The van der Waals surface area contributed by atoms with Crippen LogP contribution in [-0.4, -0.2) is 75.1 Å². The molecule has 1 aliphatic rings. The van der Waals surface area contributed by atoms with Crippen LogP contribution in [0.3, 0.4) is 0 Å². The SMILES string of the molecule is CCN(c1ccc(NC(=O)CN2CCCN(S(C)(=O)=O)CC2)cc1)C(C)C. The second kappa shape index (κ2) is 9.52. The first-order valence-corrected chi connectivity index (χ1v) is 11.4. The number of nitrogens with one attached hydrogen (secondary N) is 1. The van der Waals surface area contributed by atoms with Gasteiger partial charge in [-0.2, -0.15) is 0 Å². The van der Waals surface area contributed by atoms with E-state index < -0.39 is 10.0 Å². The first-order chi connectivity index (χ1) is 12.7. The second-order valence-electron chi connectivity index (χ2n) is 7.27. The van der Waals surface area contributed by atoms with Crippen LogP contribution in [-0.2, 0) is 14.8 Å². The van der Waals surface area contributed by atoms with Crippen molar-refractivity contribution in [2.45, 2.75) is 33.2 Å². The normalized spacial score (nSPS) is 16.9. The smallest absolute Gasteiger partial charge is 0.238 e. The maximum Gasteiger partial charge on any atom is 0.238 e. The number of sulfonamides is 1. The lowest BCUT2D eigenvalue weighted by atomic mass is 10.2. The molecular weight excluding hydrogens is 364 g/mol. The monoisotopic (exact) mass is 396 g/mol. The number of hydrogen-bond acceptors (Lipinski definition) is 5. The van der Waals surface area contributed by atoms with Crippen LogP contribution in [0, 0.1) is 0 Å². The molecule has 1 heterocycles. The van der Waals surface area contributed by atoms with Gasteiger partial charge in [-0.25, -0.2) is 12.7 Å². The zero-order valence-corrected chi connectivity index (χ0v) is 17.6. The van der Waals surface area contributed by atoms with E-state index in [1.54, 1.807) is 0 Å². The molecule has 152 valence electrons. The summed E-state index contributed by atoms with van der Waals surface area (Å²) in [7, 11) is -3.17. The fourth-order valence-electron chi connectivity index (χ4n) is 3.42. The number of rotatable bonds is 7. The largest absolute Gasteiger partial charge is 0.369 e. The predicted octanol–water partition coefficient (Wildman–Crippen LogP) is 1.83. The molecule has 1 N–H and O–H groups in total. The van der Waals surface area contributed by atoms with Crippen molar-refractivity contribution in [1.82, 2.24) is 9.21 Å². The third-order valence-corrected chi connectivity index (χ3v) is 6.13. The van der Waals surface area contributed by atoms with Gasteiger partial charge in [0.2, 0.25) is 15.9 Å². The molecule has 1 saturated heterocycles. The first-order valence-electron chi connectivity index (χ1n) is 9.54. The lowest BCUT2D eigenvalue weighted by Gasteiger charge is -2.27. The molecule has 27 heavy (non-hydrogen) atoms. The van der Waals surface area contributed by atoms with Gasteiger partial charge in [0, 0.05) is 43.6 Å². The topological polar surface area (TPSA) is 73.0 Å². The van der Waals surface area contributed by atoms with Gasteiger partial charge in [0.05, 0.1) is 12.8 Å². The molecule has 7 nitrogen and oxygen atoms in total. The standard InChI is InChI=1S/C19H32N4O3S/c1-5-23(16(2)3)18-9-7-17(8-10-18)20-19(24)15-21-11-6-12-22(14-13-21)27(4,25)26/h7-10,16H,5-6,11-15H2,1-4H3,(H,20,24).